The Balaban J connectivity index is 3.56. The number of sulfone groups is 1. The molecular weight excluding hydrogens is 156 g/mol. The van der Waals surface area contributed by atoms with E-state index in [0.717, 1.165) is 6.26 Å². The standard InChI is InChI=1S/C5H12O4S/c1-10(8,9)3-2-5(7)4-6/h5-7H,2-4H2,1H3. The molecule has 0 bridgehead atoms. The van der Waals surface area contributed by atoms with Gasteiger partial charge in [-0.2, -0.15) is 0 Å². The Bertz CT molecular complexity index is 172. The minimum Gasteiger partial charge on any atom is -0.394 e. The number of hydrogen-bond donors (Lipinski definition) is 2. The molecule has 0 heterocycles. The maximum atomic E-state index is 10.5. The third kappa shape index (κ3) is 6.00. The summed E-state index contributed by atoms with van der Waals surface area (Å²) >= 11 is 0. The van der Waals surface area contributed by atoms with Crippen molar-refractivity contribution in [2.75, 3.05) is 18.6 Å². The van der Waals surface area contributed by atoms with Crippen LogP contribution in [0.25, 0.3) is 0 Å². The minimum absolute atomic E-state index is 0.0747. The normalized spacial score (nSPS) is 15.1. The highest BCUT2D eigenvalue weighted by atomic mass is 32.2. The maximum Gasteiger partial charge on any atom is 0.147 e. The minimum atomic E-state index is -3.00. The van der Waals surface area contributed by atoms with Crippen LogP contribution in [0.15, 0.2) is 0 Å². The first-order valence-corrected chi connectivity index (χ1v) is 4.98. The van der Waals surface area contributed by atoms with E-state index in [-0.39, 0.29) is 18.8 Å². The lowest BCUT2D eigenvalue weighted by Gasteiger charge is -2.03. The molecular formula is C5H12O4S. The molecule has 0 amide bonds. The zero-order chi connectivity index (χ0) is 8.20. The summed E-state index contributed by atoms with van der Waals surface area (Å²) in [6, 6.07) is 0. The molecule has 0 aliphatic rings. The van der Waals surface area contributed by atoms with Crippen molar-refractivity contribution in [2.45, 2.75) is 12.5 Å². The monoisotopic (exact) mass is 168 g/mol. The first-order valence-electron chi connectivity index (χ1n) is 2.92. The molecule has 0 saturated carbocycles. The third-order valence-corrected chi connectivity index (χ3v) is 2.01. The molecule has 0 aliphatic heterocycles. The second kappa shape index (κ2) is 3.90. The van der Waals surface area contributed by atoms with Gasteiger partial charge < -0.3 is 10.2 Å². The second-order valence-corrected chi connectivity index (χ2v) is 4.51. The quantitative estimate of drug-likeness (QED) is 0.551. The van der Waals surface area contributed by atoms with Crippen LogP contribution in [-0.4, -0.2) is 43.4 Å². The number of rotatable bonds is 4. The van der Waals surface area contributed by atoms with Gasteiger partial charge in [0.15, 0.2) is 0 Å². The average molecular weight is 168 g/mol. The average Bonchev–Trinajstić information content (AvgIpc) is 1.81. The van der Waals surface area contributed by atoms with Crippen LogP contribution in [0.2, 0.25) is 0 Å². The van der Waals surface area contributed by atoms with E-state index in [1.54, 1.807) is 0 Å². The van der Waals surface area contributed by atoms with E-state index in [1.165, 1.54) is 0 Å². The largest absolute Gasteiger partial charge is 0.394 e. The topological polar surface area (TPSA) is 74.6 Å². The van der Waals surface area contributed by atoms with Crippen molar-refractivity contribution in [1.29, 1.82) is 0 Å². The van der Waals surface area contributed by atoms with E-state index < -0.39 is 15.9 Å². The fourth-order valence-corrected chi connectivity index (χ4v) is 1.14. The van der Waals surface area contributed by atoms with E-state index in [4.69, 9.17) is 10.2 Å². The fourth-order valence-electron chi connectivity index (χ4n) is 0.441. The zero-order valence-corrected chi connectivity index (χ0v) is 6.63. The van der Waals surface area contributed by atoms with Crippen LogP contribution < -0.4 is 0 Å². The van der Waals surface area contributed by atoms with Crippen LogP contribution in [0, 0.1) is 0 Å². The lowest BCUT2D eigenvalue weighted by atomic mass is 10.3. The summed E-state index contributed by atoms with van der Waals surface area (Å²) in [4.78, 5) is 0. The molecule has 0 rings (SSSR count). The molecule has 0 aromatic heterocycles. The van der Waals surface area contributed by atoms with Gasteiger partial charge in [0.1, 0.15) is 9.84 Å². The SMILES string of the molecule is CS(=O)(=O)CCC(O)CO. The van der Waals surface area contributed by atoms with Crippen LogP contribution in [0.1, 0.15) is 6.42 Å². The Morgan fingerprint density at radius 2 is 2.00 bits per heavy atom. The summed E-state index contributed by atoms with van der Waals surface area (Å²) in [5, 5.41) is 17.0. The summed E-state index contributed by atoms with van der Waals surface area (Å²) in [5.74, 6) is -0.0747. The van der Waals surface area contributed by atoms with Crippen molar-refractivity contribution >= 4 is 9.84 Å². The Morgan fingerprint density at radius 1 is 1.50 bits per heavy atom. The predicted octanol–water partition coefficient (Wildman–Crippen LogP) is -1.23. The first-order chi connectivity index (χ1) is 4.45. The van der Waals surface area contributed by atoms with E-state index in [2.05, 4.69) is 0 Å². The van der Waals surface area contributed by atoms with Crippen molar-refractivity contribution in [1.82, 2.24) is 0 Å². The molecule has 62 valence electrons. The van der Waals surface area contributed by atoms with Gasteiger partial charge in [0.25, 0.3) is 0 Å². The molecule has 0 aromatic carbocycles. The van der Waals surface area contributed by atoms with Crippen LogP contribution in [0.4, 0.5) is 0 Å². The van der Waals surface area contributed by atoms with Crippen molar-refractivity contribution in [3.8, 4) is 0 Å². The van der Waals surface area contributed by atoms with Gasteiger partial charge in [0, 0.05) is 6.26 Å². The van der Waals surface area contributed by atoms with E-state index in [1.807, 2.05) is 0 Å². The Labute approximate surface area is 60.4 Å². The van der Waals surface area contributed by atoms with Crippen LogP contribution in [0.3, 0.4) is 0 Å². The molecule has 0 aliphatic carbocycles. The molecule has 0 saturated heterocycles. The number of aliphatic hydroxyl groups excluding tert-OH is 2. The Morgan fingerprint density at radius 3 is 2.30 bits per heavy atom. The highest BCUT2D eigenvalue weighted by Crippen LogP contribution is 1.93. The number of hydrogen-bond acceptors (Lipinski definition) is 4. The number of aliphatic hydroxyl groups is 2. The van der Waals surface area contributed by atoms with Crippen LogP contribution in [-0.2, 0) is 9.84 Å². The van der Waals surface area contributed by atoms with Gasteiger partial charge in [0.2, 0.25) is 0 Å². The molecule has 10 heavy (non-hydrogen) atoms. The van der Waals surface area contributed by atoms with Gasteiger partial charge in [0.05, 0.1) is 18.5 Å². The van der Waals surface area contributed by atoms with E-state index >= 15 is 0 Å². The molecule has 4 nitrogen and oxygen atoms in total. The zero-order valence-electron chi connectivity index (χ0n) is 5.82. The van der Waals surface area contributed by atoms with Gasteiger partial charge in [-0.25, -0.2) is 8.42 Å². The van der Waals surface area contributed by atoms with Gasteiger partial charge in [-0.05, 0) is 6.42 Å². The predicted molar refractivity (Wildman–Crippen MR) is 37.4 cm³/mol. The van der Waals surface area contributed by atoms with Crippen molar-refractivity contribution in [3.63, 3.8) is 0 Å². The second-order valence-electron chi connectivity index (χ2n) is 2.25. The molecule has 1 unspecified atom stereocenters. The van der Waals surface area contributed by atoms with Crippen molar-refractivity contribution in [3.05, 3.63) is 0 Å². The van der Waals surface area contributed by atoms with E-state index in [0.29, 0.717) is 0 Å². The third-order valence-electron chi connectivity index (χ3n) is 1.03. The van der Waals surface area contributed by atoms with Gasteiger partial charge in [-0.3, -0.25) is 0 Å². The summed E-state index contributed by atoms with van der Waals surface area (Å²) in [6.45, 7) is -0.379. The highest BCUT2D eigenvalue weighted by Gasteiger charge is 2.07. The molecule has 0 fully saturated rings. The summed E-state index contributed by atoms with van der Waals surface area (Å²) in [6.07, 6.45) is 0.293. The molecule has 0 radical (unpaired) electrons. The smallest absolute Gasteiger partial charge is 0.147 e. The highest BCUT2D eigenvalue weighted by molar-refractivity contribution is 7.90. The molecule has 0 spiro atoms. The van der Waals surface area contributed by atoms with Crippen molar-refractivity contribution in [2.24, 2.45) is 0 Å². The Kier molecular flexibility index (Phi) is 3.85. The summed E-state index contributed by atoms with van der Waals surface area (Å²) < 4.78 is 20.9. The summed E-state index contributed by atoms with van der Waals surface area (Å²) in [5.41, 5.74) is 0. The Hall–Kier alpha value is -0.130. The molecule has 5 heteroatoms. The molecule has 2 N–H and O–H groups in total. The van der Waals surface area contributed by atoms with Crippen LogP contribution >= 0.6 is 0 Å². The van der Waals surface area contributed by atoms with Crippen molar-refractivity contribution < 1.29 is 18.6 Å². The maximum absolute atomic E-state index is 10.5. The lowest BCUT2D eigenvalue weighted by Crippen LogP contribution is -2.17. The lowest BCUT2D eigenvalue weighted by molar-refractivity contribution is 0.0929. The fraction of sp³-hybridized carbons (Fsp3) is 1.00. The first kappa shape index (κ1) is 9.87. The van der Waals surface area contributed by atoms with E-state index in [9.17, 15) is 8.42 Å². The van der Waals surface area contributed by atoms with Crippen LogP contribution in [0.5, 0.6) is 0 Å². The summed E-state index contributed by atoms with van der Waals surface area (Å²) in [7, 11) is -3.00. The van der Waals surface area contributed by atoms with Gasteiger partial charge >= 0.3 is 0 Å². The van der Waals surface area contributed by atoms with Gasteiger partial charge in [-0.15, -0.1) is 0 Å². The van der Waals surface area contributed by atoms with Gasteiger partial charge in [-0.1, -0.05) is 0 Å². The molecule has 1 atom stereocenters. The molecule has 0 aromatic rings.